The molecule has 25 heavy (non-hydrogen) atoms. The van der Waals surface area contributed by atoms with Crippen molar-refractivity contribution >= 4 is 21.7 Å². The van der Waals surface area contributed by atoms with E-state index in [0.717, 1.165) is 5.56 Å². The lowest BCUT2D eigenvalue weighted by atomic mass is 10.1. The van der Waals surface area contributed by atoms with Gasteiger partial charge in [0.25, 0.3) is 0 Å². The van der Waals surface area contributed by atoms with Crippen molar-refractivity contribution in [1.29, 1.82) is 0 Å². The summed E-state index contributed by atoms with van der Waals surface area (Å²) >= 11 is 0. The zero-order valence-electron chi connectivity index (χ0n) is 13.1. The Bertz CT molecular complexity index is 689. The van der Waals surface area contributed by atoms with Gasteiger partial charge >= 0.3 is 12.1 Å². The van der Waals surface area contributed by atoms with Crippen LogP contribution in [0.1, 0.15) is 18.4 Å². The summed E-state index contributed by atoms with van der Waals surface area (Å²) in [7, 11) is -3.85. The van der Waals surface area contributed by atoms with Gasteiger partial charge in [-0.05, 0) is 18.4 Å². The minimum Gasteiger partial charge on any atom is -0.480 e. The highest BCUT2D eigenvalue weighted by molar-refractivity contribution is 7.92. The number of carbonyl (C=O) groups is 2. The molecule has 1 amide bonds. The van der Waals surface area contributed by atoms with Crippen molar-refractivity contribution < 1.29 is 36.3 Å². The second-order valence-corrected chi connectivity index (χ2v) is 7.64. The first-order valence-corrected chi connectivity index (χ1v) is 9.14. The van der Waals surface area contributed by atoms with E-state index in [1.165, 1.54) is 0 Å². The summed E-state index contributed by atoms with van der Waals surface area (Å²) < 4.78 is 60.4. The summed E-state index contributed by atoms with van der Waals surface area (Å²) in [5.74, 6) is -4.53. The molecule has 1 aromatic carbocycles. The monoisotopic (exact) mass is 381 g/mol. The van der Waals surface area contributed by atoms with Crippen molar-refractivity contribution in [2.45, 2.75) is 31.5 Å². The number of carboxylic acid groups (broad SMARTS) is 1. The Balaban J connectivity index is 2.51. The molecule has 0 radical (unpaired) electrons. The molecule has 2 N–H and O–H groups in total. The fourth-order valence-electron chi connectivity index (χ4n) is 2.08. The molecule has 140 valence electrons. The average molecular weight is 381 g/mol. The van der Waals surface area contributed by atoms with Gasteiger partial charge in [0.1, 0.15) is 11.8 Å². The number of hydrogen-bond donors (Lipinski definition) is 2. The summed E-state index contributed by atoms with van der Waals surface area (Å²) in [6, 6.07) is 6.81. The van der Waals surface area contributed by atoms with Crippen LogP contribution in [-0.2, 0) is 25.8 Å². The fraction of sp³-hybridized carbons (Fsp3) is 0.467. The Morgan fingerprint density at radius 3 is 2.28 bits per heavy atom. The minimum absolute atomic E-state index is 0.241. The van der Waals surface area contributed by atoms with Crippen molar-refractivity contribution in [3.05, 3.63) is 35.9 Å². The van der Waals surface area contributed by atoms with E-state index in [1.54, 1.807) is 17.4 Å². The number of aryl methyl sites for hydroxylation is 1. The van der Waals surface area contributed by atoms with E-state index in [2.05, 4.69) is 0 Å². The van der Waals surface area contributed by atoms with Crippen LogP contribution in [0.2, 0.25) is 0 Å². The van der Waals surface area contributed by atoms with Crippen molar-refractivity contribution in [2.75, 3.05) is 11.5 Å². The number of aliphatic carboxylic acids is 1. The van der Waals surface area contributed by atoms with E-state index in [-0.39, 0.29) is 12.2 Å². The highest BCUT2D eigenvalue weighted by Gasteiger charge is 2.36. The zero-order chi connectivity index (χ0) is 19.1. The Labute approximate surface area is 143 Å². The van der Waals surface area contributed by atoms with Crippen molar-refractivity contribution in [1.82, 2.24) is 5.32 Å². The third-order valence-electron chi connectivity index (χ3n) is 3.18. The van der Waals surface area contributed by atoms with Crippen LogP contribution in [0.25, 0.3) is 0 Å². The SMILES string of the molecule is O=C(CS(=O)(=O)CCCc1ccccc1)NC(CC(F)(F)F)C(=O)O. The quantitative estimate of drug-likeness (QED) is 0.676. The van der Waals surface area contributed by atoms with Crippen LogP contribution in [0.3, 0.4) is 0 Å². The molecule has 0 bridgehead atoms. The number of carbonyl (C=O) groups excluding carboxylic acids is 1. The lowest BCUT2D eigenvalue weighted by Gasteiger charge is -2.16. The maximum absolute atomic E-state index is 12.2. The minimum atomic E-state index is -4.80. The molecule has 0 saturated heterocycles. The van der Waals surface area contributed by atoms with Crippen molar-refractivity contribution in [3.8, 4) is 0 Å². The van der Waals surface area contributed by atoms with Crippen LogP contribution < -0.4 is 5.32 Å². The molecule has 1 rings (SSSR count). The number of alkyl halides is 3. The number of nitrogens with one attached hydrogen (secondary N) is 1. The Kier molecular flexibility index (Phi) is 7.40. The largest absolute Gasteiger partial charge is 0.480 e. The van der Waals surface area contributed by atoms with Crippen molar-refractivity contribution in [3.63, 3.8) is 0 Å². The van der Waals surface area contributed by atoms with Gasteiger partial charge in [-0.15, -0.1) is 0 Å². The third kappa shape index (κ3) is 9.08. The third-order valence-corrected chi connectivity index (χ3v) is 4.80. The van der Waals surface area contributed by atoms with E-state index in [4.69, 9.17) is 5.11 Å². The molecule has 0 aliphatic heterocycles. The highest BCUT2D eigenvalue weighted by atomic mass is 32.2. The highest BCUT2D eigenvalue weighted by Crippen LogP contribution is 2.21. The van der Waals surface area contributed by atoms with E-state index in [0.29, 0.717) is 6.42 Å². The zero-order valence-corrected chi connectivity index (χ0v) is 13.9. The summed E-state index contributed by atoms with van der Waals surface area (Å²) in [5.41, 5.74) is 0.915. The molecule has 0 spiro atoms. The van der Waals surface area contributed by atoms with Crippen LogP contribution >= 0.6 is 0 Å². The predicted molar refractivity (Wildman–Crippen MR) is 83.7 cm³/mol. The summed E-state index contributed by atoms with van der Waals surface area (Å²) in [6.45, 7) is 0. The van der Waals surface area contributed by atoms with Crippen LogP contribution in [0.15, 0.2) is 30.3 Å². The van der Waals surface area contributed by atoms with Gasteiger partial charge in [0.05, 0.1) is 12.2 Å². The number of halogens is 3. The van der Waals surface area contributed by atoms with Gasteiger partial charge in [-0.3, -0.25) is 4.79 Å². The van der Waals surface area contributed by atoms with Gasteiger partial charge in [0.2, 0.25) is 5.91 Å². The van der Waals surface area contributed by atoms with E-state index < -0.39 is 46.1 Å². The van der Waals surface area contributed by atoms with Gasteiger partial charge in [-0.2, -0.15) is 13.2 Å². The molecule has 0 aliphatic carbocycles. The first-order valence-electron chi connectivity index (χ1n) is 7.32. The van der Waals surface area contributed by atoms with E-state index in [9.17, 15) is 31.2 Å². The fourth-order valence-corrected chi connectivity index (χ4v) is 3.29. The smallest absolute Gasteiger partial charge is 0.391 e. The second-order valence-electron chi connectivity index (χ2n) is 5.46. The predicted octanol–water partition coefficient (Wildman–Crippen LogP) is 1.56. The topological polar surface area (TPSA) is 101 Å². The number of amides is 1. The van der Waals surface area contributed by atoms with Gasteiger partial charge in [0.15, 0.2) is 9.84 Å². The van der Waals surface area contributed by atoms with Crippen molar-refractivity contribution in [2.24, 2.45) is 0 Å². The number of benzene rings is 1. The van der Waals surface area contributed by atoms with Crippen LogP contribution in [0.4, 0.5) is 13.2 Å². The molecule has 0 saturated carbocycles. The Morgan fingerprint density at radius 1 is 1.16 bits per heavy atom. The Hall–Kier alpha value is -2.10. The second kappa shape index (κ2) is 8.84. The van der Waals surface area contributed by atoms with Gasteiger partial charge < -0.3 is 10.4 Å². The summed E-state index contributed by atoms with van der Waals surface area (Å²) in [6.07, 6.45) is -5.87. The van der Waals surface area contributed by atoms with Gasteiger partial charge in [-0.1, -0.05) is 30.3 Å². The maximum atomic E-state index is 12.2. The first-order chi connectivity index (χ1) is 11.5. The molecule has 10 heteroatoms. The molecule has 0 fully saturated rings. The molecule has 0 heterocycles. The standard InChI is InChI=1S/C15H18F3NO5S/c16-15(17,18)9-12(14(21)22)19-13(20)10-25(23,24)8-4-7-11-5-2-1-3-6-11/h1-3,5-6,12H,4,7-10H2,(H,19,20)(H,21,22). The molecule has 0 aliphatic rings. The lowest BCUT2D eigenvalue weighted by Crippen LogP contribution is -2.45. The molecule has 1 unspecified atom stereocenters. The van der Waals surface area contributed by atoms with Crippen LogP contribution in [-0.4, -0.2) is 49.1 Å². The number of carboxylic acids is 1. The number of sulfone groups is 1. The summed E-state index contributed by atoms with van der Waals surface area (Å²) in [5, 5.41) is 10.3. The number of hydrogen-bond acceptors (Lipinski definition) is 4. The Morgan fingerprint density at radius 2 is 1.76 bits per heavy atom. The van der Waals surface area contributed by atoms with E-state index >= 15 is 0 Å². The molecule has 0 aromatic heterocycles. The molecule has 1 atom stereocenters. The lowest BCUT2D eigenvalue weighted by molar-refractivity contribution is -0.159. The first kappa shape index (κ1) is 20.9. The molecular weight excluding hydrogens is 363 g/mol. The molecular formula is C15H18F3NO5S. The average Bonchev–Trinajstić information content (AvgIpc) is 2.45. The van der Waals surface area contributed by atoms with Crippen LogP contribution in [0, 0.1) is 0 Å². The summed E-state index contributed by atoms with van der Waals surface area (Å²) in [4.78, 5) is 22.3. The maximum Gasteiger partial charge on any atom is 0.391 e. The molecule has 1 aromatic rings. The van der Waals surface area contributed by atoms with Gasteiger partial charge in [0, 0.05) is 0 Å². The number of rotatable bonds is 9. The normalized spacial score (nSPS) is 13.2. The van der Waals surface area contributed by atoms with Crippen LogP contribution in [0.5, 0.6) is 0 Å². The van der Waals surface area contributed by atoms with Gasteiger partial charge in [-0.25, -0.2) is 13.2 Å². The van der Waals surface area contributed by atoms with E-state index in [1.807, 2.05) is 18.2 Å². The molecule has 6 nitrogen and oxygen atoms in total.